The third-order valence-electron chi connectivity index (χ3n) is 3.44. The second kappa shape index (κ2) is 7.50. The average molecular weight is 325 g/mol. The van der Waals surface area contributed by atoms with Crippen molar-refractivity contribution in [3.63, 3.8) is 0 Å². The molecule has 1 aliphatic carbocycles. The highest BCUT2D eigenvalue weighted by Crippen LogP contribution is 2.22. The number of hydrogen-bond donors (Lipinski definition) is 3. The van der Waals surface area contributed by atoms with Crippen molar-refractivity contribution >= 4 is 17.6 Å². The van der Waals surface area contributed by atoms with Gasteiger partial charge in [0.25, 0.3) is 0 Å². The van der Waals surface area contributed by atoms with E-state index in [1.54, 1.807) is 24.3 Å². The van der Waals surface area contributed by atoms with E-state index >= 15 is 0 Å². The number of carbonyl (C=O) groups excluding carboxylic acids is 2. The lowest BCUT2D eigenvalue weighted by molar-refractivity contribution is -0.115. The summed E-state index contributed by atoms with van der Waals surface area (Å²) >= 11 is 0. The molecule has 3 amide bonds. The molecule has 2 aromatic rings. The van der Waals surface area contributed by atoms with Crippen LogP contribution in [0.1, 0.15) is 12.8 Å². The molecule has 0 atom stereocenters. The van der Waals surface area contributed by atoms with E-state index in [1.165, 1.54) is 0 Å². The van der Waals surface area contributed by atoms with Crippen molar-refractivity contribution in [2.45, 2.75) is 18.9 Å². The van der Waals surface area contributed by atoms with E-state index in [0.717, 1.165) is 18.6 Å². The van der Waals surface area contributed by atoms with E-state index < -0.39 is 0 Å². The number of nitrogens with one attached hydrogen (secondary N) is 3. The summed E-state index contributed by atoms with van der Waals surface area (Å²) in [5.41, 5.74) is 0.643. The fourth-order valence-electron chi connectivity index (χ4n) is 2.06. The van der Waals surface area contributed by atoms with E-state index in [9.17, 15) is 9.59 Å². The maximum absolute atomic E-state index is 11.8. The molecular formula is C18H19N3O3. The molecule has 24 heavy (non-hydrogen) atoms. The number of urea groups is 1. The second-order valence-electron chi connectivity index (χ2n) is 5.59. The third-order valence-corrected chi connectivity index (χ3v) is 3.44. The van der Waals surface area contributed by atoms with Gasteiger partial charge in [-0.15, -0.1) is 0 Å². The minimum absolute atomic E-state index is 0.0686. The van der Waals surface area contributed by atoms with Crippen LogP contribution in [0.25, 0.3) is 0 Å². The Kier molecular flexibility index (Phi) is 4.96. The zero-order chi connectivity index (χ0) is 16.8. The SMILES string of the molecule is O=C(CNC(=O)NC1CC1)Nc1ccc(Oc2ccccc2)cc1. The number of amides is 3. The predicted molar refractivity (Wildman–Crippen MR) is 91.1 cm³/mol. The Morgan fingerprint density at radius 2 is 1.62 bits per heavy atom. The van der Waals surface area contributed by atoms with E-state index in [2.05, 4.69) is 16.0 Å². The Morgan fingerprint density at radius 1 is 0.958 bits per heavy atom. The van der Waals surface area contributed by atoms with E-state index in [-0.39, 0.29) is 24.5 Å². The number of carbonyl (C=O) groups is 2. The molecule has 0 aliphatic heterocycles. The van der Waals surface area contributed by atoms with Gasteiger partial charge < -0.3 is 20.7 Å². The molecule has 0 saturated heterocycles. The molecule has 3 N–H and O–H groups in total. The summed E-state index contributed by atoms with van der Waals surface area (Å²) < 4.78 is 5.68. The van der Waals surface area contributed by atoms with Crippen molar-refractivity contribution in [1.29, 1.82) is 0 Å². The molecule has 0 heterocycles. The van der Waals surface area contributed by atoms with Crippen LogP contribution in [0, 0.1) is 0 Å². The van der Waals surface area contributed by atoms with Crippen molar-refractivity contribution in [2.75, 3.05) is 11.9 Å². The van der Waals surface area contributed by atoms with Crippen LogP contribution < -0.4 is 20.7 Å². The van der Waals surface area contributed by atoms with Gasteiger partial charge in [-0.05, 0) is 49.2 Å². The number of ether oxygens (including phenoxy) is 1. The Bertz CT molecular complexity index is 697. The van der Waals surface area contributed by atoms with Gasteiger partial charge in [-0.3, -0.25) is 4.79 Å². The Balaban J connectivity index is 1.44. The van der Waals surface area contributed by atoms with Crippen molar-refractivity contribution in [3.8, 4) is 11.5 Å². The summed E-state index contributed by atoms with van der Waals surface area (Å²) in [6, 6.07) is 16.5. The zero-order valence-corrected chi connectivity index (χ0v) is 13.1. The van der Waals surface area contributed by atoms with Gasteiger partial charge in [0.05, 0.1) is 6.54 Å². The lowest BCUT2D eigenvalue weighted by atomic mass is 10.3. The van der Waals surface area contributed by atoms with Crippen molar-refractivity contribution in [2.24, 2.45) is 0 Å². The summed E-state index contributed by atoms with van der Waals surface area (Å²) in [7, 11) is 0. The molecule has 6 heteroatoms. The fraction of sp³-hybridized carbons (Fsp3) is 0.222. The van der Waals surface area contributed by atoms with Crippen LogP contribution >= 0.6 is 0 Å². The molecule has 124 valence electrons. The van der Waals surface area contributed by atoms with Gasteiger partial charge in [-0.1, -0.05) is 18.2 Å². The molecule has 3 rings (SSSR count). The average Bonchev–Trinajstić information content (AvgIpc) is 3.40. The fourth-order valence-corrected chi connectivity index (χ4v) is 2.06. The van der Waals surface area contributed by atoms with Gasteiger partial charge in [0.1, 0.15) is 11.5 Å². The van der Waals surface area contributed by atoms with Crippen LogP contribution in [0.2, 0.25) is 0 Å². The van der Waals surface area contributed by atoms with E-state index in [4.69, 9.17) is 4.74 Å². The molecule has 2 aromatic carbocycles. The monoisotopic (exact) mass is 325 g/mol. The normalized spacial score (nSPS) is 13.0. The highest BCUT2D eigenvalue weighted by Gasteiger charge is 2.23. The maximum Gasteiger partial charge on any atom is 0.315 e. The molecule has 0 bridgehead atoms. The summed E-state index contributed by atoms with van der Waals surface area (Å²) in [6.45, 7) is -0.0686. The van der Waals surface area contributed by atoms with Crippen molar-refractivity contribution in [1.82, 2.24) is 10.6 Å². The van der Waals surface area contributed by atoms with Gasteiger partial charge in [0.2, 0.25) is 5.91 Å². The first-order valence-electron chi connectivity index (χ1n) is 7.86. The van der Waals surface area contributed by atoms with Gasteiger partial charge >= 0.3 is 6.03 Å². The molecule has 0 aromatic heterocycles. The zero-order valence-electron chi connectivity index (χ0n) is 13.1. The van der Waals surface area contributed by atoms with E-state index in [0.29, 0.717) is 11.4 Å². The molecule has 1 aliphatic rings. The van der Waals surface area contributed by atoms with Gasteiger partial charge in [-0.2, -0.15) is 0 Å². The van der Waals surface area contributed by atoms with Gasteiger partial charge in [-0.25, -0.2) is 4.79 Å². The summed E-state index contributed by atoms with van der Waals surface area (Å²) in [5.74, 6) is 1.15. The van der Waals surface area contributed by atoms with Crippen molar-refractivity contribution < 1.29 is 14.3 Å². The summed E-state index contributed by atoms with van der Waals surface area (Å²) in [5, 5.41) is 8.01. The number of rotatable bonds is 6. The first-order chi connectivity index (χ1) is 11.7. The minimum Gasteiger partial charge on any atom is -0.457 e. The first-order valence-corrected chi connectivity index (χ1v) is 7.86. The van der Waals surface area contributed by atoms with Crippen LogP contribution in [0.3, 0.4) is 0 Å². The maximum atomic E-state index is 11.8. The minimum atomic E-state index is -0.306. The Hall–Kier alpha value is -3.02. The van der Waals surface area contributed by atoms with Crippen LogP contribution in [0.5, 0.6) is 11.5 Å². The first kappa shape index (κ1) is 15.9. The molecule has 0 radical (unpaired) electrons. The van der Waals surface area contributed by atoms with Gasteiger partial charge in [0, 0.05) is 11.7 Å². The number of benzene rings is 2. The molecule has 1 fully saturated rings. The van der Waals surface area contributed by atoms with Crippen LogP contribution in [0.15, 0.2) is 54.6 Å². The Morgan fingerprint density at radius 3 is 2.29 bits per heavy atom. The number of anilines is 1. The third kappa shape index (κ3) is 5.01. The quantitative estimate of drug-likeness (QED) is 0.764. The largest absolute Gasteiger partial charge is 0.457 e. The smallest absolute Gasteiger partial charge is 0.315 e. The molecule has 6 nitrogen and oxygen atoms in total. The highest BCUT2D eigenvalue weighted by atomic mass is 16.5. The lowest BCUT2D eigenvalue weighted by Gasteiger charge is -2.09. The van der Waals surface area contributed by atoms with Crippen LogP contribution in [0.4, 0.5) is 10.5 Å². The predicted octanol–water partition coefficient (Wildman–Crippen LogP) is 2.88. The number of para-hydroxylation sites is 1. The summed E-state index contributed by atoms with van der Waals surface area (Å²) in [6.07, 6.45) is 2.02. The molecule has 1 saturated carbocycles. The van der Waals surface area contributed by atoms with Crippen LogP contribution in [-0.4, -0.2) is 24.5 Å². The lowest BCUT2D eigenvalue weighted by Crippen LogP contribution is -2.40. The standard InChI is InChI=1S/C18H19N3O3/c22-17(12-19-18(23)21-14-6-7-14)20-13-8-10-16(11-9-13)24-15-4-2-1-3-5-15/h1-5,8-11,14H,6-7,12H2,(H,20,22)(H2,19,21,23). The number of hydrogen-bond acceptors (Lipinski definition) is 3. The molecule has 0 spiro atoms. The second-order valence-corrected chi connectivity index (χ2v) is 5.59. The summed E-state index contributed by atoms with van der Waals surface area (Å²) in [4.78, 5) is 23.3. The highest BCUT2D eigenvalue weighted by molar-refractivity contribution is 5.94. The van der Waals surface area contributed by atoms with Gasteiger partial charge in [0.15, 0.2) is 0 Å². The molecular weight excluding hydrogens is 306 g/mol. The van der Waals surface area contributed by atoms with Crippen molar-refractivity contribution in [3.05, 3.63) is 54.6 Å². The Labute approximate surface area is 140 Å². The molecule has 0 unspecified atom stereocenters. The van der Waals surface area contributed by atoms with E-state index in [1.807, 2.05) is 30.3 Å². The van der Waals surface area contributed by atoms with Crippen LogP contribution in [-0.2, 0) is 4.79 Å². The topological polar surface area (TPSA) is 79.5 Å².